The normalized spacial score (nSPS) is 15.9. The fourth-order valence-electron chi connectivity index (χ4n) is 2.94. The Morgan fingerprint density at radius 2 is 2.14 bits per heavy atom. The molecule has 1 aromatic carbocycles. The van der Waals surface area contributed by atoms with Crippen LogP contribution in [0.2, 0.25) is 0 Å². The van der Waals surface area contributed by atoms with E-state index in [0.717, 1.165) is 17.3 Å². The standard InChI is InChI=1S/C17H20N2O2/c1-2-7-17(8-9-17)11-18-15-13-6-4-3-5-12(13)10-14(19-15)16(20)21/h3-6,10H,2,7-9,11H2,1H3,(H,18,19)(H,20,21). The van der Waals surface area contributed by atoms with Gasteiger partial charge in [0.05, 0.1) is 0 Å². The van der Waals surface area contributed by atoms with Gasteiger partial charge in [0.2, 0.25) is 0 Å². The minimum absolute atomic E-state index is 0.0940. The molecule has 3 rings (SSSR count). The van der Waals surface area contributed by atoms with Crippen molar-refractivity contribution in [2.75, 3.05) is 11.9 Å². The Morgan fingerprint density at radius 1 is 1.38 bits per heavy atom. The first kappa shape index (κ1) is 13.9. The number of carbonyl (C=O) groups is 1. The zero-order chi connectivity index (χ0) is 14.9. The van der Waals surface area contributed by atoms with Crippen molar-refractivity contribution in [1.82, 2.24) is 4.98 Å². The number of benzene rings is 1. The van der Waals surface area contributed by atoms with E-state index in [1.807, 2.05) is 24.3 Å². The van der Waals surface area contributed by atoms with Gasteiger partial charge in [0.25, 0.3) is 0 Å². The van der Waals surface area contributed by atoms with Crippen LogP contribution in [0.3, 0.4) is 0 Å². The van der Waals surface area contributed by atoms with E-state index in [0.29, 0.717) is 11.2 Å². The quantitative estimate of drug-likeness (QED) is 0.843. The van der Waals surface area contributed by atoms with Crippen LogP contribution in [0.1, 0.15) is 43.1 Å². The van der Waals surface area contributed by atoms with Gasteiger partial charge in [-0.2, -0.15) is 0 Å². The van der Waals surface area contributed by atoms with Crippen LogP contribution < -0.4 is 5.32 Å². The molecule has 1 heterocycles. The maximum absolute atomic E-state index is 11.2. The van der Waals surface area contributed by atoms with Crippen molar-refractivity contribution in [3.63, 3.8) is 0 Å². The summed E-state index contributed by atoms with van der Waals surface area (Å²) in [5.41, 5.74) is 0.494. The van der Waals surface area contributed by atoms with Crippen LogP contribution in [0.4, 0.5) is 5.82 Å². The molecule has 0 saturated heterocycles. The summed E-state index contributed by atoms with van der Waals surface area (Å²) < 4.78 is 0. The largest absolute Gasteiger partial charge is 0.477 e. The van der Waals surface area contributed by atoms with Crippen molar-refractivity contribution in [3.05, 3.63) is 36.0 Å². The molecule has 0 atom stereocenters. The number of hydrogen-bond acceptors (Lipinski definition) is 3. The maximum atomic E-state index is 11.2. The molecule has 4 nitrogen and oxygen atoms in total. The molecular formula is C17H20N2O2. The Hall–Kier alpha value is -2.10. The van der Waals surface area contributed by atoms with Crippen molar-refractivity contribution in [2.24, 2.45) is 5.41 Å². The summed E-state index contributed by atoms with van der Waals surface area (Å²) >= 11 is 0. The third-order valence-electron chi connectivity index (χ3n) is 4.33. The fraction of sp³-hybridized carbons (Fsp3) is 0.412. The van der Waals surface area contributed by atoms with E-state index in [1.165, 1.54) is 25.7 Å². The van der Waals surface area contributed by atoms with Crippen LogP contribution in [0.5, 0.6) is 0 Å². The van der Waals surface area contributed by atoms with E-state index < -0.39 is 5.97 Å². The Bertz CT molecular complexity index is 678. The van der Waals surface area contributed by atoms with E-state index in [9.17, 15) is 9.90 Å². The molecule has 1 fully saturated rings. The van der Waals surface area contributed by atoms with Crippen molar-refractivity contribution in [1.29, 1.82) is 0 Å². The highest BCUT2D eigenvalue weighted by Crippen LogP contribution is 2.49. The molecule has 21 heavy (non-hydrogen) atoms. The Balaban J connectivity index is 1.91. The molecule has 2 N–H and O–H groups in total. The van der Waals surface area contributed by atoms with Gasteiger partial charge in [0.1, 0.15) is 5.82 Å². The Morgan fingerprint density at radius 3 is 2.81 bits per heavy atom. The molecular weight excluding hydrogens is 264 g/mol. The van der Waals surface area contributed by atoms with E-state index in [1.54, 1.807) is 6.07 Å². The summed E-state index contributed by atoms with van der Waals surface area (Å²) in [5, 5.41) is 14.5. The predicted octanol–water partition coefficient (Wildman–Crippen LogP) is 3.93. The first-order valence-corrected chi connectivity index (χ1v) is 7.50. The number of rotatable bonds is 6. The van der Waals surface area contributed by atoms with Gasteiger partial charge in [-0.3, -0.25) is 0 Å². The zero-order valence-electron chi connectivity index (χ0n) is 12.2. The number of nitrogens with one attached hydrogen (secondary N) is 1. The van der Waals surface area contributed by atoms with Crippen molar-refractivity contribution >= 4 is 22.6 Å². The van der Waals surface area contributed by atoms with Crippen LogP contribution in [0, 0.1) is 5.41 Å². The van der Waals surface area contributed by atoms with E-state index in [2.05, 4.69) is 17.2 Å². The smallest absolute Gasteiger partial charge is 0.354 e. The number of hydrogen-bond donors (Lipinski definition) is 2. The van der Waals surface area contributed by atoms with Gasteiger partial charge in [-0.15, -0.1) is 0 Å². The minimum atomic E-state index is -0.988. The summed E-state index contributed by atoms with van der Waals surface area (Å²) in [6.45, 7) is 3.08. The first-order valence-electron chi connectivity index (χ1n) is 7.50. The monoisotopic (exact) mass is 284 g/mol. The molecule has 1 saturated carbocycles. The lowest BCUT2D eigenvalue weighted by Gasteiger charge is -2.17. The van der Waals surface area contributed by atoms with Crippen molar-refractivity contribution in [3.8, 4) is 0 Å². The number of carboxylic acids is 1. The summed E-state index contributed by atoms with van der Waals surface area (Å²) in [6, 6.07) is 9.40. The Labute approximate surface area is 124 Å². The number of pyridine rings is 1. The van der Waals surface area contributed by atoms with E-state index in [-0.39, 0.29) is 5.69 Å². The summed E-state index contributed by atoms with van der Waals surface area (Å²) in [7, 11) is 0. The molecule has 0 bridgehead atoms. The molecule has 0 unspecified atom stereocenters. The van der Waals surface area contributed by atoms with E-state index >= 15 is 0 Å². The third-order valence-corrected chi connectivity index (χ3v) is 4.33. The molecule has 0 amide bonds. The number of nitrogens with zero attached hydrogens (tertiary/aromatic N) is 1. The average Bonchev–Trinajstić information content (AvgIpc) is 3.25. The van der Waals surface area contributed by atoms with Gasteiger partial charge in [-0.25, -0.2) is 9.78 Å². The van der Waals surface area contributed by atoms with Gasteiger partial charge in [-0.05, 0) is 36.1 Å². The summed E-state index contributed by atoms with van der Waals surface area (Å²) in [5.74, 6) is -0.300. The SMILES string of the molecule is CCCC1(CNc2nc(C(=O)O)cc3ccccc23)CC1. The number of fused-ring (bicyclic) bond motifs is 1. The second kappa shape index (κ2) is 5.35. The van der Waals surface area contributed by atoms with Gasteiger partial charge in [0, 0.05) is 11.9 Å². The topological polar surface area (TPSA) is 62.2 Å². The summed E-state index contributed by atoms with van der Waals surface area (Å²) in [4.78, 5) is 15.5. The van der Waals surface area contributed by atoms with Crippen LogP contribution in [-0.4, -0.2) is 22.6 Å². The van der Waals surface area contributed by atoms with Gasteiger partial charge < -0.3 is 10.4 Å². The number of aromatic carboxylic acids is 1. The first-order chi connectivity index (χ1) is 10.1. The fourth-order valence-corrected chi connectivity index (χ4v) is 2.94. The highest BCUT2D eigenvalue weighted by molar-refractivity contribution is 5.97. The lowest BCUT2D eigenvalue weighted by molar-refractivity contribution is 0.0691. The van der Waals surface area contributed by atoms with Crippen LogP contribution >= 0.6 is 0 Å². The predicted molar refractivity (Wildman–Crippen MR) is 83.8 cm³/mol. The molecule has 1 aliphatic rings. The van der Waals surface area contributed by atoms with Gasteiger partial charge in [-0.1, -0.05) is 37.6 Å². The van der Waals surface area contributed by atoms with Gasteiger partial charge >= 0.3 is 5.97 Å². The molecule has 0 aliphatic heterocycles. The number of anilines is 1. The second-order valence-corrected chi connectivity index (χ2v) is 5.99. The number of aromatic nitrogens is 1. The van der Waals surface area contributed by atoms with Crippen LogP contribution in [-0.2, 0) is 0 Å². The molecule has 4 heteroatoms. The van der Waals surface area contributed by atoms with Crippen molar-refractivity contribution < 1.29 is 9.90 Å². The summed E-state index contributed by atoms with van der Waals surface area (Å²) in [6.07, 6.45) is 4.91. The van der Waals surface area contributed by atoms with E-state index in [4.69, 9.17) is 0 Å². The third kappa shape index (κ3) is 2.84. The molecule has 0 spiro atoms. The molecule has 1 aliphatic carbocycles. The second-order valence-electron chi connectivity index (χ2n) is 5.99. The molecule has 2 aromatic rings. The lowest BCUT2D eigenvalue weighted by atomic mass is 10.0. The molecule has 0 radical (unpaired) electrons. The average molecular weight is 284 g/mol. The lowest BCUT2D eigenvalue weighted by Crippen LogP contribution is -2.17. The zero-order valence-corrected chi connectivity index (χ0v) is 12.2. The highest BCUT2D eigenvalue weighted by atomic mass is 16.4. The van der Waals surface area contributed by atoms with Crippen molar-refractivity contribution in [2.45, 2.75) is 32.6 Å². The highest BCUT2D eigenvalue weighted by Gasteiger charge is 2.41. The minimum Gasteiger partial charge on any atom is -0.477 e. The molecule has 1 aromatic heterocycles. The molecule has 110 valence electrons. The number of carboxylic acid groups (broad SMARTS) is 1. The van der Waals surface area contributed by atoms with Gasteiger partial charge in [0.15, 0.2) is 5.69 Å². The van der Waals surface area contributed by atoms with Crippen LogP contribution in [0.25, 0.3) is 10.8 Å². The maximum Gasteiger partial charge on any atom is 0.354 e. The Kier molecular flexibility index (Phi) is 3.53. The van der Waals surface area contributed by atoms with Crippen LogP contribution in [0.15, 0.2) is 30.3 Å².